The Bertz CT molecular complexity index is 832. The van der Waals surface area contributed by atoms with Gasteiger partial charge in [-0.3, -0.25) is 4.68 Å². The Hall–Kier alpha value is -2.61. The first kappa shape index (κ1) is 12.4. The summed E-state index contributed by atoms with van der Waals surface area (Å²) in [4.78, 5) is 4.67. The summed E-state index contributed by atoms with van der Waals surface area (Å²) in [7, 11) is 3.91. The molecular weight excluding hydrogens is 250 g/mol. The highest BCUT2D eigenvalue weighted by Gasteiger charge is 2.15. The van der Waals surface area contributed by atoms with Crippen molar-refractivity contribution in [2.75, 3.05) is 0 Å². The number of hydrogen-bond donors (Lipinski definition) is 0. The van der Waals surface area contributed by atoms with Crippen molar-refractivity contribution in [2.24, 2.45) is 14.1 Å². The number of rotatable bonds is 2. The van der Waals surface area contributed by atoms with Gasteiger partial charge in [-0.05, 0) is 24.6 Å². The fourth-order valence-electron chi connectivity index (χ4n) is 2.49. The first-order valence-electron chi connectivity index (χ1n) is 6.53. The van der Waals surface area contributed by atoms with Gasteiger partial charge >= 0.3 is 0 Å². The fraction of sp³-hybridized carbons (Fsp3) is 0.267. The van der Waals surface area contributed by atoms with Gasteiger partial charge in [-0.1, -0.05) is 6.92 Å². The summed E-state index contributed by atoms with van der Waals surface area (Å²) in [5.41, 5.74) is 4.57. The lowest BCUT2D eigenvalue weighted by Crippen LogP contribution is -1.94. The molecule has 0 aliphatic heterocycles. The molecule has 0 aliphatic carbocycles. The van der Waals surface area contributed by atoms with Gasteiger partial charge in [0.25, 0.3) is 0 Å². The van der Waals surface area contributed by atoms with Crippen molar-refractivity contribution in [3.05, 3.63) is 35.7 Å². The number of nitriles is 1. The van der Waals surface area contributed by atoms with Crippen LogP contribution in [0.15, 0.2) is 24.4 Å². The molecule has 1 aromatic carbocycles. The lowest BCUT2D eigenvalue weighted by Gasteiger charge is -2.01. The summed E-state index contributed by atoms with van der Waals surface area (Å²) in [5, 5.41) is 13.4. The third-order valence-electron chi connectivity index (χ3n) is 3.49. The summed E-state index contributed by atoms with van der Waals surface area (Å²) in [6.07, 6.45) is 2.86. The zero-order valence-electron chi connectivity index (χ0n) is 11.8. The van der Waals surface area contributed by atoms with Crippen molar-refractivity contribution < 1.29 is 0 Å². The maximum atomic E-state index is 8.98. The first-order valence-corrected chi connectivity index (χ1v) is 6.53. The van der Waals surface area contributed by atoms with Crippen molar-refractivity contribution in [1.29, 1.82) is 5.26 Å². The molecule has 0 aliphatic rings. The minimum absolute atomic E-state index is 0.629. The normalized spacial score (nSPS) is 10.9. The van der Waals surface area contributed by atoms with Gasteiger partial charge < -0.3 is 4.57 Å². The van der Waals surface area contributed by atoms with E-state index in [0.29, 0.717) is 5.56 Å². The van der Waals surface area contributed by atoms with Crippen molar-refractivity contribution in [3.8, 4) is 17.5 Å². The predicted octanol–water partition coefficient (Wildman–Crippen LogP) is 2.41. The summed E-state index contributed by atoms with van der Waals surface area (Å²) in [6.45, 7) is 2.09. The third-order valence-corrected chi connectivity index (χ3v) is 3.49. The minimum Gasteiger partial charge on any atom is -0.327 e. The largest absolute Gasteiger partial charge is 0.327 e. The van der Waals surface area contributed by atoms with Crippen molar-refractivity contribution >= 4 is 11.0 Å². The molecule has 5 nitrogen and oxygen atoms in total. The number of nitrogens with zero attached hydrogens (tertiary/aromatic N) is 5. The molecule has 2 heterocycles. The van der Waals surface area contributed by atoms with Crippen LogP contribution in [-0.4, -0.2) is 19.3 Å². The van der Waals surface area contributed by atoms with Crippen LogP contribution in [0.5, 0.6) is 0 Å². The fourth-order valence-corrected chi connectivity index (χ4v) is 2.49. The van der Waals surface area contributed by atoms with Gasteiger partial charge in [0.15, 0.2) is 0 Å². The second-order valence-electron chi connectivity index (χ2n) is 4.83. The van der Waals surface area contributed by atoms with E-state index in [0.717, 1.165) is 34.5 Å². The Morgan fingerprint density at radius 3 is 2.80 bits per heavy atom. The van der Waals surface area contributed by atoms with Gasteiger partial charge in [0, 0.05) is 20.3 Å². The SMILES string of the molecule is CCc1nn(C)cc1-c1nc2cc(C#N)ccc2n1C. The van der Waals surface area contributed by atoms with Crippen LogP contribution in [0, 0.1) is 11.3 Å². The zero-order chi connectivity index (χ0) is 14.3. The van der Waals surface area contributed by atoms with Crippen LogP contribution in [0.25, 0.3) is 22.4 Å². The van der Waals surface area contributed by atoms with Gasteiger partial charge in [0.1, 0.15) is 5.82 Å². The molecule has 2 aromatic heterocycles. The number of fused-ring (bicyclic) bond motifs is 1. The Kier molecular flexibility index (Phi) is 2.79. The van der Waals surface area contributed by atoms with Crippen molar-refractivity contribution in [2.45, 2.75) is 13.3 Å². The molecule has 20 heavy (non-hydrogen) atoms. The highest BCUT2D eigenvalue weighted by Crippen LogP contribution is 2.26. The van der Waals surface area contributed by atoms with Crippen LogP contribution in [0.3, 0.4) is 0 Å². The molecule has 0 saturated carbocycles. The molecule has 5 heteroatoms. The number of hydrogen-bond acceptors (Lipinski definition) is 3. The molecule has 3 aromatic rings. The molecule has 0 spiro atoms. The van der Waals surface area contributed by atoms with E-state index in [2.05, 4.69) is 23.1 Å². The molecule has 0 unspecified atom stereocenters. The number of aryl methyl sites for hydroxylation is 3. The van der Waals surface area contributed by atoms with E-state index in [9.17, 15) is 0 Å². The minimum atomic E-state index is 0.629. The van der Waals surface area contributed by atoms with Crippen LogP contribution in [-0.2, 0) is 20.5 Å². The van der Waals surface area contributed by atoms with Crippen LogP contribution in [0.4, 0.5) is 0 Å². The molecule has 0 amide bonds. The lowest BCUT2D eigenvalue weighted by atomic mass is 10.2. The van der Waals surface area contributed by atoms with Gasteiger partial charge in [0.2, 0.25) is 0 Å². The summed E-state index contributed by atoms with van der Waals surface area (Å²) in [5.74, 6) is 0.889. The van der Waals surface area contributed by atoms with E-state index in [1.807, 2.05) is 47.7 Å². The molecule has 0 N–H and O–H groups in total. The topological polar surface area (TPSA) is 59.4 Å². The second kappa shape index (κ2) is 4.49. The first-order chi connectivity index (χ1) is 9.63. The average molecular weight is 265 g/mol. The molecule has 0 saturated heterocycles. The Morgan fingerprint density at radius 1 is 1.30 bits per heavy atom. The van der Waals surface area contributed by atoms with Crippen LogP contribution in [0.1, 0.15) is 18.2 Å². The van der Waals surface area contributed by atoms with Crippen LogP contribution >= 0.6 is 0 Å². The highest BCUT2D eigenvalue weighted by atomic mass is 15.3. The Morgan fingerprint density at radius 2 is 2.10 bits per heavy atom. The van der Waals surface area contributed by atoms with Gasteiger partial charge in [0.05, 0.1) is 33.9 Å². The van der Waals surface area contributed by atoms with E-state index in [1.165, 1.54) is 0 Å². The molecule has 0 atom stereocenters. The quantitative estimate of drug-likeness (QED) is 0.715. The lowest BCUT2D eigenvalue weighted by molar-refractivity contribution is 0.746. The molecule has 0 bridgehead atoms. The summed E-state index contributed by atoms with van der Waals surface area (Å²) >= 11 is 0. The van der Waals surface area contributed by atoms with Gasteiger partial charge in [-0.15, -0.1) is 0 Å². The Balaban J connectivity index is 2.26. The number of aromatic nitrogens is 4. The van der Waals surface area contributed by atoms with Gasteiger partial charge in [-0.2, -0.15) is 10.4 Å². The zero-order valence-corrected chi connectivity index (χ0v) is 11.8. The summed E-state index contributed by atoms with van der Waals surface area (Å²) in [6, 6.07) is 7.72. The molecule has 100 valence electrons. The maximum absolute atomic E-state index is 8.98. The molecule has 0 fully saturated rings. The van der Waals surface area contributed by atoms with E-state index < -0.39 is 0 Å². The molecule has 3 rings (SSSR count). The highest BCUT2D eigenvalue weighted by molar-refractivity contribution is 5.82. The Labute approximate surface area is 117 Å². The van der Waals surface area contributed by atoms with Gasteiger partial charge in [-0.25, -0.2) is 4.98 Å². The summed E-state index contributed by atoms with van der Waals surface area (Å²) < 4.78 is 3.86. The second-order valence-corrected chi connectivity index (χ2v) is 4.83. The maximum Gasteiger partial charge on any atom is 0.144 e. The monoisotopic (exact) mass is 265 g/mol. The molecular formula is C15H15N5. The standard InChI is InChI=1S/C15H15N5/c1-4-12-11(9-19(2)18-12)15-17-13-7-10(8-16)5-6-14(13)20(15)3/h5-7,9H,4H2,1-3H3. The van der Waals surface area contributed by atoms with E-state index in [4.69, 9.17) is 5.26 Å². The van der Waals surface area contributed by atoms with E-state index in [-0.39, 0.29) is 0 Å². The smallest absolute Gasteiger partial charge is 0.144 e. The number of benzene rings is 1. The van der Waals surface area contributed by atoms with Crippen LogP contribution < -0.4 is 0 Å². The van der Waals surface area contributed by atoms with Crippen LogP contribution in [0.2, 0.25) is 0 Å². The predicted molar refractivity (Wildman–Crippen MR) is 77.0 cm³/mol. The molecule has 0 radical (unpaired) electrons. The third kappa shape index (κ3) is 1.77. The average Bonchev–Trinajstić information content (AvgIpc) is 2.98. The van der Waals surface area contributed by atoms with Crippen molar-refractivity contribution in [1.82, 2.24) is 19.3 Å². The number of imidazole rings is 1. The van der Waals surface area contributed by atoms with E-state index in [1.54, 1.807) is 0 Å². The van der Waals surface area contributed by atoms with E-state index >= 15 is 0 Å². The van der Waals surface area contributed by atoms with Crippen molar-refractivity contribution in [3.63, 3.8) is 0 Å².